The van der Waals surface area contributed by atoms with Crippen LogP contribution in [0.4, 0.5) is 13.2 Å². The third-order valence-corrected chi connectivity index (χ3v) is 2.21. The Balaban J connectivity index is 2.10. The number of nitrogens with one attached hydrogen (secondary N) is 1. The van der Waals surface area contributed by atoms with Gasteiger partial charge >= 0.3 is 6.36 Å². The highest BCUT2D eigenvalue weighted by Gasteiger charge is 2.31. The number of rotatable bonds is 2. The van der Waals surface area contributed by atoms with Crippen LogP contribution in [0, 0.1) is 0 Å². The second-order valence-electron chi connectivity index (χ2n) is 3.78. The van der Waals surface area contributed by atoms with Gasteiger partial charge in [-0.15, -0.1) is 18.3 Å². The molecule has 1 aromatic carbocycles. The van der Waals surface area contributed by atoms with Gasteiger partial charge < -0.3 is 14.9 Å². The monoisotopic (exact) mass is 260 g/mol. The van der Waals surface area contributed by atoms with Crippen LogP contribution in [0.15, 0.2) is 29.4 Å². The van der Waals surface area contributed by atoms with E-state index in [1.165, 1.54) is 24.3 Å². The van der Waals surface area contributed by atoms with Crippen LogP contribution >= 0.6 is 0 Å². The Morgan fingerprint density at radius 3 is 2.56 bits per heavy atom. The maximum atomic E-state index is 12.0. The van der Waals surface area contributed by atoms with Gasteiger partial charge in [-0.3, -0.25) is 0 Å². The van der Waals surface area contributed by atoms with Crippen molar-refractivity contribution in [3.8, 4) is 5.75 Å². The lowest BCUT2D eigenvalue weighted by Crippen LogP contribution is -2.33. The van der Waals surface area contributed by atoms with E-state index >= 15 is 0 Å². The quantitative estimate of drug-likeness (QED) is 0.886. The molecule has 1 heterocycles. The minimum absolute atomic E-state index is 0.0383. The number of halogens is 3. The van der Waals surface area contributed by atoms with E-state index in [1.54, 1.807) is 0 Å². The standard InChI is InChI=1S/C11H11F3N2O2/c1-7-6-15-16-10(17-7)8-2-4-9(5-3-8)18-11(12,13)14/h2-5,7,15H,6H2,1H3. The van der Waals surface area contributed by atoms with Crippen molar-refractivity contribution in [2.75, 3.05) is 6.54 Å². The molecule has 1 atom stereocenters. The fourth-order valence-electron chi connectivity index (χ4n) is 1.44. The van der Waals surface area contributed by atoms with Crippen LogP contribution in [0.2, 0.25) is 0 Å². The Kier molecular flexibility index (Phi) is 3.31. The van der Waals surface area contributed by atoms with Crippen LogP contribution in [0.3, 0.4) is 0 Å². The largest absolute Gasteiger partial charge is 0.573 e. The molecule has 1 unspecified atom stereocenters. The molecule has 0 saturated carbocycles. The van der Waals surface area contributed by atoms with Gasteiger partial charge in [0.1, 0.15) is 11.9 Å². The highest BCUT2D eigenvalue weighted by molar-refractivity contribution is 5.94. The van der Waals surface area contributed by atoms with E-state index < -0.39 is 6.36 Å². The van der Waals surface area contributed by atoms with Gasteiger partial charge in [-0.05, 0) is 31.2 Å². The number of nitrogens with zero attached hydrogens (tertiary/aromatic N) is 1. The van der Waals surface area contributed by atoms with E-state index in [2.05, 4.69) is 15.3 Å². The van der Waals surface area contributed by atoms with Crippen LogP contribution < -0.4 is 10.2 Å². The van der Waals surface area contributed by atoms with Crippen LogP contribution in [0.1, 0.15) is 12.5 Å². The van der Waals surface area contributed by atoms with Gasteiger partial charge in [-0.2, -0.15) is 0 Å². The average molecular weight is 260 g/mol. The molecule has 0 amide bonds. The molecule has 98 valence electrons. The fraction of sp³-hybridized carbons (Fsp3) is 0.364. The fourth-order valence-corrected chi connectivity index (χ4v) is 1.44. The van der Waals surface area contributed by atoms with Gasteiger partial charge in [0.15, 0.2) is 0 Å². The molecular formula is C11H11F3N2O2. The van der Waals surface area contributed by atoms with Crippen molar-refractivity contribution in [3.05, 3.63) is 29.8 Å². The lowest BCUT2D eigenvalue weighted by atomic mass is 10.2. The molecule has 0 saturated heterocycles. The molecule has 1 aliphatic heterocycles. The van der Waals surface area contributed by atoms with Crippen LogP contribution in [-0.2, 0) is 4.74 Å². The minimum atomic E-state index is -4.68. The molecule has 0 fully saturated rings. The Morgan fingerprint density at radius 2 is 2.00 bits per heavy atom. The van der Waals surface area contributed by atoms with Crippen molar-refractivity contribution in [2.24, 2.45) is 5.10 Å². The van der Waals surface area contributed by atoms with E-state index in [0.717, 1.165) is 0 Å². The topological polar surface area (TPSA) is 42.9 Å². The van der Waals surface area contributed by atoms with Crippen molar-refractivity contribution in [1.82, 2.24) is 5.43 Å². The summed E-state index contributed by atoms with van der Waals surface area (Å²) >= 11 is 0. The number of hydrogen-bond donors (Lipinski definition) is 1. The Morgan fingerprint density at radius 1 is 1.33 bits per heavy atom. The molecule has 0 aliphatic carbocycles. The third-order valence-electron chi connectivity index (χ3n) is 2.21. The number of alkyl halides is 3. The van der Waals surface area contributed by atoms with Gasteiger partial charge in [0, 0.05) is 5.56 Å². The van der Waals surface area contributed by atoms with E-state index in [4.69, 9.17) is 4.74 Å². The number of ether oxygens (including phenoxy) is 2. The first-order chi connectivity index (χ1) is 8.44. The van der Waals surface area contributed by atoms with E-state index in [0.29, 0.717) is 18.0 Å². The van der Waals surface area contributed by atoms with Crippen LogP contribution in [0.5, 0.6) is 5.75 Å². The molecule has 2 rings (SSSR count). The molecule has 7 heteroatoms. The summed E-state index contributed by atoms with van der Waals surface area (Å²) in [7, 11) is 0. The summed E-state index contributed by atoms with van der Waals surface area (Å²) in [5.41, 5.74) is 3.37. The van der Waals surface area contributed by atoms with Gasteiger partial charge in [-0.25, -0.2) is 0 Å². The molecule has 1 aromatic rings. The lowest BCUT2D eigenvalue weighted by Gasteiger charge is -2.21. The number of hydrogen-bond acceptors (Lipinski definition) is 4. The van der Waals surface area contributed by atoms with E-state index in [1.807, 2.05) is 6.92 Å². The number of benzene rings is 1. The maximum absolute atomic E-state index is 12.0. The molecule has 4 nitrogen and oxygen atoms in total. The molecule has 0 spiro atoms. The van der Waals surface area contributed by atoms with Crippen LogP contribution in [-0.4, -0.2) is 24.9 Å². The van der Waals surface area contributed by atoms with Crippen molar-refractivity contribution < 1.29 is 22.6 Å². The van der Waals surface area contributed by atoms with E-state index in [-0.39, 0.29) is 11.9 Å². The zero-order chi connectivity index (χ0) is 13.2. The smallest absolute Gasteiger partial charge is 0.471 e. The first kappa shape index (κ1) is 12.5. The summed E-state index contributed by atoms with van der Waals surface area (Å²) in [6, 6.07) is 5.35. The van der Waals surface area contributed by atoms with Gasteiger partial charge in [-0.1, -0.05) is 0 Å². The first-order valence-electron chi connectivity index (χ1n) is 5.27. The second kappa shape index (κ2) is 4.75. The summed E-state index contributed by atoms with van der Waals surface area (Å²) in [4.78, 5) is 0. The summed E-state index contributed by atoms with van der Waals surface area (Å²) < 4.78 is 45.1. The van der Waals surface area contributed by atoms with Crippen molar-refractivity contribution in [1.29, 1.82) is 0 Å². The predicted octanol–water partition coefficient (Wildman–Crippen LogP) is 2.26. The zero-order valence-electron chi connectivity index (χ0n) is 9.49. The van der Waals surface area contributed by atoms with Crippen molar-refractivity contribution >= 4 is 5.90 Å². The Hall–Kier alpha value is -1.92. The highest BCUT2D eigenvalue weighted by Crippen LogP contribution is 2.23. The SMILES string of the molecule is CC1CNN=C(c2ccc(OC(F)(F)F)cc2)O1. The molecule has 1 aliphatic rings. The molecule has 0 radical (unpaired) electrons. The summed E-state index contributed by atoms with van der Waals surface area (Å²) in [6.07, 6.45) is -4.72. The van der Waals surface area contributed by atoms with Crippen molar-refractivity contribution in [3.63, 3.8) is 0 Å². The van der Waals surface area contributed by atoms with Crippen molar-refractivity contribution in [2.45, 2.75) is 19.4 Å². The summed E-state index contributed by atoms with van der Waals surface area (Å²) in [5.74, 6) is 0.0796. The number of hydrazone groups is 1. The van der Waals surface area contributed by atoms with Gasteiger partial charge in [0.25, 0.3) is 0 Å². The predicted molar refractivity (Wildman–Crippen MR) is 58.2 cm³/mol. The highest BCUT2D eigenvalue weighted by atomic mass is 19.4. The molecule has 18 heavy (non-hydrogen) atoms. The molecular weight excluding hydrogens is 249 g/mol. The summed E-state index contributed by atoms with van der Waals surface area (Å²) in [6.45, 7) is 2.46. The molecule has 0 bridgehead atoms. The minimum Gasteiger partial charge on any atom is -0.471 e. The van der Waals surface area contributed by atoms with Gasteiger partial charge in [0.05, 0.1) is 6.54 Å². The third kappa shape index (κ3) is 3.28. The second-order valence-corrected chi connectivity index (χ2v) is 3.78. The van der Waals surface area contributed by atoms with Gasteiger partial charge in [0.2, 0.25) is 5.90 Å². The molecule has 0 aromatic heterocycles. The van der Waals surface area contributed by atoms with E-state index in [9.17, 15) is 13.2 Å². The Labute approximate surface area is 101 Å². The average Bonchev–Trinajstić information content (AvgIpc) is 2.28. The zero-order valence-corrected chi connectivity index (χ0v) is 9.49. The normalized spacial score (nSPS) is 19.6. The van der Waals surface area contributed by atoms with Crippen LogP contribution in [0.25, 0.3) is 0 Å². The lowest BCUT2D eigenvalue weighted by molar-refractivity contribution is -0.274. The first-order valence-corrected chi connectivity index (χ1v) is 5.27. The molecule has 1 N–H and O–H groups in total. The Bertz CT molecular complexity index is 443. The summed E-state index contributed by atoms with van der Waals surface area (Å²) in [5, 5.41) is 3.94. The maximum Gasteiger partial charge on any atom is 0.573 e.